The minimum atomic E-state index is -0.552. The van der Waals surface area contributed by atoms with Gasteiger partial charge < -0.3 is 25.0 Å². The van der Waals surface area contributed by atoms with Crippen LogP contribution in [0, 0.1) is 5.92 Å². The lowest BCUT2D eigenvalue weighted by Crippen LogP contribution is -2.34. The molecule has 1 aliphatic heterocycles. The molecule has 9 nitrogen and oxygen atoms in total. The van der Waals surface area contributed by atoms with Crippen LogP contribution in [0.5, 0.6) is 0 Å². The van der Waals surface area contributed by atoms with E-state index >= 15 is 0 Å². The maximum atomic E-state index is 13.3. The lowest BCUT2D eigenvalue weighted by molar-refractivity contribution is 0.0521. The molecule has 3 aliphatic rings. The molecule has 3 amide bonds. The van der Waals surface area contributed by atoms with Crippen molar-refractivity contribution in [3.05, 3.63) is 82.6 Å². The first-order chi connectivity index (χ1) is 21.6. The molecule has 240 valence electrons. The Bertz CT molecular complexity index is 1470. The summed E-state index contributed by atoms with van der Waals surface area (Å²) in [5, 5.41) is 8.93. The van der Waals surface area contributed by atoms with Crippen molar-refractivity contribution in [2.75, 3.05) is 23.3 Å². The summed E-state index contributed by atoms with van der Waals surface area (Å²) >= 11 is 0. The van der Waals surface area contributed by atoms with Crippen LogP contribution in [0.1, 0.15) is 87.7 Å². The van der Waals surface area contributed by atoms with Crippen LogP contribution in [0.4, 0.5) is 21.0 Å². The second kappa shape index (κ2) is 14.2. The Balaban J connectivity index is 1.22. The maximum Gasteiger partial charge on any atom is 0.412 e. The second-order valence-corrected chi connectivity index (χ2v) is 13.1. The summed E-state index contributed by atoms with van der Waals surface area (Å²) in [5.41, 5.74) is 5.62. The molecule has 2 atom stereocenters. The predicted octanol–water partition coefficient (Wildman–Crippen LogP) is 7.24. The van der Waals surface area contributed by atoms with E-state index in [-0.39, 0.29) is 24.6 Å². The molecule has 0 spiro atoms. The molecule has 2 aliphatic carbocycles. The van der Waals surface area contributed by atoms with E-state index in [0.717, 1.165) is 67.7 Å². The summed E-state index contributed by atoms with van der Waals surface area (Å²) < 4.78 is 11.0. The average molecular weight is 615 g/mol. The van der Waals surface area contributed by atoms with Gasteiger partial charge in [0.1, 0.15) is 12.2 Å². The number of allylic oxidation sites excluding steroid dienone is 3. The molecule has 45 heavy (non-hydrogen) atoms. The van der Waals surface area contributed by atoms with Gasteiger partial charge in [0, 0.05) is 36.3 Å². The third-order valence-corrected chi connectivity index (χ3v) is 8.47. The first-order valence-electron chi connectivity index (χ1n) is 16.2. The van der Waals surface area contributed by atoms with Crippen LogP contribution in [0.15, 0.2) is 65.9 Å². The zero-order chi connectivity index (χ0) is 32.0. The fourth-order valence-electron chi connectivity index (χ4n) is 6.03. The highest BCUT2D eigenvalue weighted by atomic mass is 16.6. The molecule has 5 rings (SSSR count). The first kappa shape index (κ1) is 32.1. The van der Waals surface area contributed by atoms with Crippen LogP contribution >= 0.6 is 0 Å². The molecule has 1 heterocycles. The van der Waals surface area contributed by atoms with E-state index < -0.39 is 11.7 Å². The number of carbonyl (C=O) groups is 3. The van der Waals surface area contributed by atoms with Crippen molar-refractivity contribution in [1.29, 1.82) is 0 Å². The van der Waals surface area contributed by atoms with Crippen LogP contribution in [0.25, 0.3) is 0 Å². The van der Waals surface area contributed by atoms with Gasteiger partial charge in [-0.25, -0.2) is 9.59 Å². The van der Waals surface area contributed by atoms with Gasteiger partial charge in [0.25, 0.3) is 5.91 Å². The Morgan fingerprint density at radius 3 is 2.36 bits per heavy atom. The minimum absolute atomic E-state index is 0.0908. The molecular formula is C36H46N4O5. The molecule has 9 heteroatoms. The molecule has 2 aromatic carbocycles. The van der Waals surface area contributed by atoms with Crippen molar-refractivity contribution in [2.45, 2.75) is 90.9 Å². The molecule has 2 unspecified atom stereocenters. The number of hydrogen-bond donors (Lipinski definition) is 3. The number of amides is 3. The minimum Gasteiger partial charge on any atom is -0.444 e. The van der Waals surface area contributed by atoms with Crippen molar-refractivity contribution in [2.24, 2.45) is 5.92 Å². The summed E-state index contributed by atoms with van der Waals surface area (Å²) in [6.07, 6.45) is 9.70. The van der Waals surface area contributed by atoms with E-state index in [0.29, 0.717) is 23.6 Å². The third-order valence-electron chi connectivity index (χ3n) is 8.47. The molecule has 1 saturated heterocycles. The number of carbonyl (C=O) groups excluding carboxylic acids is 3. The monoisotopic (exact) mass is 614 g/mol. The summed E-state index contributed by atoms with van der Waals surface area (Å²) in [4.78, 5) is 40.7. The van der Waals surface area contributed by atoms with Crippen LogP contribution in [0.2, 0.25) is 0 Å². The normalized spacial score (nSPS) is 19.5. The van der Waals surface area contributed by atoms with Crippen molar-refractivity contribution in [1.82, 2.24) is 10.6 Å². The van der Waals surface area contributed by atoms with E-state index in [2.05, 4.69) is 33.9 Å². The fourth-order valence-corrected chi connectivity index (χ4v) is 6.03. The van der Waals surface area contributed by atoms with Crippen molar-refractivity contribution >= 4 is 29.5 Å². The van der Waals surface area contributed by atoms with E-state index in [1.165, 1.54) is 12.0 Å². The second-order valence-electron chi connectivity index (χ2n) is 13.1. The van der Waals surface area contributed by atoms with Gasteiger partial charge in [-0.3, -0.25) is 10.1 Å². The van der Waals surface area contributed by atoms with Gasteiger partial charge in [0.05, 0.1) is 11.4 Å². The zero-order valence-electron chi connectivity index (χ0n) is 26.9. The predicted molar refractivity (Wildman–Crippen MR) is 176 cm³/mol. The van der Waals surface area contributed by atoms with E-state index in [9.17, 15) is 14.4 Å². The van der Waals surface area contributed by atoms with Crippen molar-refractivity contribution in [3.8, 4) is 0 Å². The number of hydrogen-bond acceptors (Lipinski definition) is 6. The van der Waals surface area contributed by atoms with Gasteiger partial charge in [-0.1, -0.05) is 42.8 Å². The average Bonchev–Trinajstić information content (AvgIpc) is 3.78. The molecule has 3 N–H and O–H groups in total. The third kappa shape index (κ3) is 8.90. The zero-order valence-corrected chi connectivity index (χ0v) is 26.9. The Morgan fingerprint density at radius 2 is 1.67 bits per heavy atom. The number of aryl methyl sites for hydroxylation is 1. The SMILES string of the molecule is CCc1ccccc1COC(=O)Nc1cc(C(=O)NC2=CC=C(C3CC3NC(=O)OC(C)(C)C)CC2)ccc1N1CCCCC1. The standard InChI is InChI=1S/C36H46N4O5/c1-5-24-11-7-8-12-27(24)23-44-34(42)39-31-21-26(15-18-32(31)40-19-9-6-10-20-40)33(41)37-28-16-13-25(14-17-28)29-22-30(29)38-35(43)45-36(2,3)4/h7-8,11-13,15-16,18,21,29-30H,5-6,9-10,14,17,19-20,22-23H2,1-4H3,(H,37,41)(H,38,43)(H,39,42). The number of alkyl carbamates (subject to hydrolysis) is 1. The van der Waals surface area contributed by atoms with Gasteiger partial charge in [0.15, 0.2) is 0 Å². The molecule has 1 saturated carbocycles. The Kier molecular flexibility index (Phi) is 10.2. The topological polar surface area (TPSA) is 109 Å². The summed E-state index contributed by atoms with van der Waals surface area (Å²) in [6.45, 7) is 9.61. The number of benzene rings is 2. The number of ether oxygens (including phenoxy) is 2. The first-order valence-corrected chi connectivity index (χ1v) is 16.2. The number of anilines is 2. The quantitative estimate of drug-likeness (QED) is 0.275. The van der Waals surface area contributed by atoms with Crippen molar-refractivity contribution in [3.63, 3.8) is 0 Å². The maximum absolute atomic E-state index is 13.3. The number of nitrogens with zero attached hydrogens (tertiary/aromatic N) is 1. The highest BCUT2D eigenvalue weighted by Gasteiger charge is 2.41. The molecule has 0 radical (unpaired) electrons. The number of piperidine rings is 1. The van der Waals surface area contributed by atoms with Gasteiger partial charge in [-0.2, -0.15) is 0 Å². The lowest BCUT2D eigenvalue weighted by Gasteiger charge is -2.30. The molecule has 2 fully saturated rings. The molecule has 0 bridgehead atoms. The van der Waals surface area contributed by atoms with Crippen molar-refractivity contribution < 1.29 is 23.9 Å². The van der Waals surface area contributed by atoms with Gasteiger partial charge >= 0.3 is 12.2 Å². The summed E-state index contributed by atoms with van der Waals surface area (Å²) in [7, 11) is 0. The van der Waals surface area contributed by atoms with Crippen LogP contribution in [-0.2, 0) is 22.5 Å². The Hall–Kier alpha value is -4.27. The Labute approximate surface area is 266 Å². The van der Waals surface area contributed by atoms with E-state index in [1.807, 2.05) is 63.2 Å². The Morgan fingerprint density at radius 1 is 0.911 bits per heavy atom. The van der Waals surface area contributed by atoms with Gasteiger partial charge in [-0.05, 0) is 101 Å². The summed E-state index contributed by atoms with van der Waals surface area (Å²) in [6, 6.07) is 13.5. The van der Waals surface area contributed by atoms with E-state index in [1.54, 1.807) is 6.07 Å². The highest BCUT2D eigenvalue weighted by Crippen LogP contribution is 2.41. The van der Waals surface area contributed by atoms with Crippen LogP contribution < -0.4 is 20.9 Å². The van der Waals surface area contributed by atoms with Gasteiger partial charge in [-0.15, -0.1) is 0 Å². The van der Waals surface area contributed by atoms with Crippen LogP contribution in [-0.4, -0.2) is 42.8 Å². The molecule has 2 aromatic rings. The summed E-state index contributed by atoms with van der Waals surface area (Å²) in [5.74, 6) is 0.0738. The van der Waals surface area contributed by atoms with Crippen LogP contribution in [0.3, 0.4) is 0 Å². The van der Waals surface area contributed by atoms with E-state index in [4.69, 9.17) is 9.47 Å². The number of nitrogens with one attached hydrogen (secondary N) is 3. The molecular weight excluding hydrogens is 568 g/mol. The smallest absolute Gasteiger partial charge is 0.412 e. The largest absolute Gasteiger partial charge is 0.444 e. The lowest BCUT2D eigenvalue weighted by atomic mass is 9.98. The fraction of sp³-hybridized carbons (Fsp3) is 0.472. The highest BCUT2D eigenvalue weighted by molar-refractivity contribution is 5.99. The van der Waals surface area contributed by atoms with Gasteiger partial charge in [0.2, 0.25) is 0 Å². The molecule has 0 aromatic heterocycles. The number of rotatable bonds is 9.